The Morgan fingerprint density at radius 3 is 2.79 bits per heavy atom. The largest absolute Gasteiger partial charge is 0.378 e. The maximum Gasteiger partial charge on any atom is 0.235 e. The molecule has 0 saturated heterocycles. The average molecular weight is 481 g/mol. The lowest BCUT2D eigenvalue weighted by Gasteiger charge is -2.13. The van der Waals surface area contributed by atoms with Crippen molar-refractivity contribution in [3.8, 4) is 17.5 Å². The van der Waals surface area contributed by atoms with Gasteiger partial charge in [0.1, 0.15) is 11.1 Å². The Kier molecular flexibility index (Phi) is 7.36. The first-order valence-electron chi connectivity index (χ1n) is 11.1. The first-order valence-corrected chi connectivity index (χ1v) is 12.9. The van der Waals surface area contributed by atoms with Gasteiger partial charge in [-0.3, -0.25) is 4.79 Å². The molecule has 0 fully saturated rings. The molecule has 2 heterocycles. The first-order chi connectivity index (χ1) is 16.0. The number of carbonyl (C=O) groups excluding carboxylic acids is 1. The van der Waals surface area contributed by atoms with Crippen LogP contribution in [0.1, 0.15) is 41.7 Å². The first kappa shape index (κ1) is 23.3. The lowest BCUT2D eigenvalue weighted by molar-refractivity contribution is -0.113. The molecule has 0 unspecified atom stereocenters. The summed E-state index contributed by atoms with van der Waals surface area (Å²) in [6.07, 6.45) is 6.61. The molecule has 0 atom stereocenters. The normalized spacial score (nSPS) is 13.5. The van der Waals surface area contributed by atoms with Crippen LogP contribution in [0.25, 0.3) is 11.4 Å². The van der Waals surface area contributed by atoms with Crippen molar-refractivity contribution in [2.24, 2.45) is 7.05 Å². The standard InChI is InChI=1S/C24H28N6OS2/c1-29(2)17-10-8-9-16(13-17)22-27-28-24(30(22)3)32-15-21(31)26-23-19(14-25)18-11-6-4-5-7-12-20(18)33-23/h8-10,13H,4-7,11-12,15H2,1-3H3,(H,26,31). The molecule has 33 heavy (non-hydrogen) atoms. The van der Waals surface area contributed by atoms with Crippen LogP contribution in [0.2, 0.25) is 0 Å². The number of aromatic nitrogens is 3. The van der Waals surface area contributed by atoms with Gasteiger partial charge < -0.3 is 14.8 Å². The zero-order valence-electron chi connectivity index (χ0n) is 19.2. The highest BCUT2D eigenvalue weighted by Gasteiger charge is 2.21. The van der Waals surface area contributed by atoms with E-state index in [1.54, 1.807) is 11.3 Å². The maximum absolute atomic E-state index is 12.7. The van der Waals surface area contributed by atoms with E-state index in [-0.39, 0.29) is 11.7 Å². The predicted octanol–water partition coefficient (Wildman–Crippen LogP) is 4.87. The molecule has 0 spiro atoms. The van der Waals surface area contributed by atoms with E-state index in [2.05, 4.69) is 27.6 Å². The number of nitriles is 1. The Bertz CT molecular complexity index is 1190. The van der Waals surface area contributed by atoms with Crippen LogP contribution in [-0.4, -0.2) is 40.5 Å². The molecule has 172 valence electrons. The highest BCUT2D eigenvalue weighted by Crippen LogP contribution is 2.36. The van der Waals surface area contributed by atoms with Crippen molar-refractivity contribution in [3.63, 3.8) is 0 Å². The topological polar surface area (TPSA) is 86.8 Å². The Morgan fingerprint density at radius 1 is 1.24 bits per heavy atom. The van der Waals surface area contributed by atoms with E-state index >= 15 is 0 Å². The van der Waals surface area contributed by atoms with Crippen LogP contribution >= 0.6 is 23.1 Å². The second-order valence-electron chi connectivity index (χ2n) is 8.38. The van der Waals surface area contributed by atoms with Crippen molar-refractivity contribution < 1.29 is 4.79 Å². The molecule has 2 aromatic heterocycles. The van der Waals surface area contributed by atoms with Crippen molar-refractivity contribution in [2.45, 2.75) is 43.7 Å². The molecular formula is C24H28N6OS2. The Hall–Kier alpha value is -2.83. The maximum atomic E-state index is 12.7. The number of nitrogens with zero attached hydrogens (tertiary/aromatic N) is 5. The number of rotatable bonds is 6. The third kappa shape index (κ3) is 5.23. The van der Waals surface area contributed by atoms with E-state index in [0.717, 1.165) is 48.3 Å². The van der Waals surface area contributed by atoms with Gasteiger partial charge in [0.05, 0.1) is 11.3 Å². The minimum absolute atomic E-state index is 0.134. The van der Waals surface area contributed by atoms with Gasteiger partial charge in [0.25, 0.3) is 0 Å². The highest BCUT2D eigenvalue weighted by molar-refractivity contribution is 7.99. The van der Waals surface area contributed by atoms with E-state index in [4.69, 9.17) is 0 Å². The lowest BCUT2D eigenvalue weighted by Crippen LogP contribution is -2.14. The van der Waals surface area contributed by atoms with E-state index in [1.807, 2.05) is 48.8 Å². The molecule has 0 saturated carbocycles. The van der Waals surface area contributed by atoms with Gasteiger partial charge in [-0.1, -0.05) is 36.7 Å². The number of thioether (sulfide) groups is 1. The summed E-state index contributed by atoms with van der Waals surface area (Å²) in [6.45, 7) is 0. The zero-order valence-corrected chi connectivity index (χ0v) is 20.9. The summed E-state index contributed by atoms with van der Waals surface area (Å²) in [5.74, 6) is 0.827. The number of aryl methyl sites for hydroxylation is 1. The van der Waals surface area contributed by atoms with Crippen molar-refractivity contribution in [2.75, 3.05) is 30.1 Å². The Labute approximate surface area is 202 Å². The molecule has 3 aromatic rings. The SMILES string of the molecule is CN(C)c1cccc(-c2nnc(SCC(=O)Nc3sc4c(c3C#N)CCCCCC4)n2C)c1. The van der Waals surface area contributed by atoms with Crippen molar-refractivity contribution in [1.29, 1.82) is 5.26 Å². The van der Waals surface area contributed by atoms with Gasteiger partial charge in [0.15, 0.2) is 11.0 Å². The molecule has 1 aromatic carbocycles. The monoisotopic (exact) mass is 480 g/mol. The van der Waals surface area contributed by atoms with Crippen molar-refractivity contribution in [3.05, 3.63) is 40.3 Å². The van der Waals surface area contributed by atoms with Gasteiger partial charge >= 0.3 is 0 Å². The number of fused-ring (bicyclic) bond motifs is 1. The zero-order chi connectivity index (χ0) is 23.4. The summed E-state index contributed by atoms with van der Waals surface area (Å²) < 4.78 is 1.91. The number of thiophene rings is 1. The Balaban J connectivity index is 1.44. The molecule has 1 N–H and O–H groups in total. The number of hydrogen-bond donors (Lipinski definition) is 1. The quantitative estimate of drug-likeness (QED) is 0.507. The molecular weight excluding hydrogens is 452 g/mol. The van der Waals surface area contributed by atoms with E-state index < -0.39 is 0 Å². The summed E-state index contributed by atoms with van der Waals surface area (Å²) >= 11 is 2.91. The fourth-order valence-corrected chi connectivity index (χ4v) is 6.00. The van der Waals surface area contributed by atoms with Crippen LogP contribution in [-0.2, 0) is 24.7 Å². The van der Waals surface area contributed by atoms with Crippen molar-refractivity contribution in [1.82, 2.24) is 14.8 Å². The van der Waals surface area contributed by atoms with Gasteiger partial charge in [-0.15, -0.1) is 21.5 Å². The van der Waals surface area contributed by atoms with Gasteiger partial charge in [-0.05, 0) is 43.4 Å². The minimum Gasteiger partial charge on any atom is -0.378 e. The molecule has 1 aliphatic rings. The number of amides is 1. The van der Waals surface area contributed by atoms with E-state index in [1.165, 1.54) is 29.5 Å². The second-order valence-corrected chi connectivity index (χ2v) is 10.4. The number of benzene rings is 1. The predicted molar refractivity (Wildman–Crippen MR) is 135 cm³/mol. The molecule has 1 amide bonds. The third-order valence-corrected chi connectivity index (χ3v) is 8.05. The smallest absolute Gasteiger partial charge is 0.235 e. The van der Waals surface area contributed by atoms with E-state index in [9.17, 15) is 10.1 Å². The van der Waals surface area contributed by atoms with E-state index in [0.29, 0.717) is 15.7 Å². The Morgan fingerprint density at radius 2 is 2.03 bits per heavy atom. The summed E-state index contributed by atoms with van der Waals surface area (Å²) in [6, 6.07) is 10.4. The fraction of sp³-hybridized carbons (Fsp3) is 0.417. The van der Waals surface area contributed by atoms with Gasteiger partial charge in [0.2, 0.25) is 5.91 Å². The van der Waals surface area contributed by atoms with Crippen molar-refractivity contribution >= 4 is 39.7 Å². The van der Waals surface area contributed by atoms with Crippen LogP contribution in [0.5, 0.6) is 0 Å². The molecule has 7 nitrogen and oxygen atoms in total. The lowest BCUT2D eigenvalue weighted by atomic mass is 9.97. The summed E-state index contributed by atoms with van der Waals surface area (Å²) in [7, 11) is 5.91. The molecule has 0 bridgehead atoms. The average Bonchev–Trinajstić information content (AvgIpc) is 3.31. The number of hydrogen-bond acceptors (Lipinski definition) is 7. The van der Waals surface area contributed by atoms with Crippen LogP contribution in [0.15, 0.2) is 29.4 Å². The van der Waals surface area contributed by atoms with Crippen LogP contribution in [0.3, 0.4) is 0 Å². The fourth-order valence-electron chi connectivity index (χ4n) is 4.03. The van der Waals surface area contributed by atoms with Crippen LogP contribution in [0.4, 0.5) is 10.7 Å². The summed E-state index contributed by atoms with van der Waals surface area (Å²) in [4.78, 5) is 16.0. The summed E-state index contributed by atoms with van der Waals surface area (Å²) in [5.41, 5.74) is 3.85. The summed E-state index contributed by atoms with van der Waals surface area (Å²) in [5, 5.41) is 22.7. The molecule has 9 heteroatoms. The van der Waals surface area contributed by atoms with Crippen LogP contribution in [0, 0.1) is 11.3 Å². The number of nitrogens with one attached hydrogen (secondary N) is 1. The van der Waals surface area contributed by atoms with Crippen LogP contribution < -0.4 is 10.2 Å². The third-order valence-electron chi connectivity index (χ3n) is 5.82. The molecule has 4 rings (SSSR count). The minimum atomic E-state index is -0.134. The van der Waals surface area contributed by atoms with Gasteiger partial charge in [-0.25, -0.2) is 0 Å². The highest BCUT2D eigenvalue weighted by atomic mass is 32.2. The molecule has 0 radical (unpaired) electrons. The van der Waals surface area contributed by atoms with Gasteiger partial charge in [0, 0.05) is 37.3 Å². The number of anilines is 2. The number of carbonyl (C=O) groups is 1. The molecule has 1 aliphatic carbocycles. The second kappa shape index (κ2) is 10.4. The molecule has 0 aliphatic heterocycles. The van der Waals surface area contributed by atoms with Gasteiger partial charge in [-0.2, -0.15) is 5.26 Å².